The number of ether oxygens (including phenoxy) is 1. The number of carbonyl (C=O) groups excluding carboxylic acids is 1. The monoisotopic (exact) mass is 561 g/mol. The van der Waals surface area contributed by atoms with Crippen molar-refractivity contribution in [2.75, 3.05) is 18.8 Å². The quantitative estimate of drug-likeness (QED) is 0.392. The van der Waals surface area contributed by atoms with Crippen molar-refractivity contribution in [2.45, 2.75) is 102 Å². The zero-order valence-corrected chi connectivity index (χ0v) is 24.4. The van der Waals surface area contributed by atoms with Crippen LogP contribution >= 0.6 is 11.3 Å². The average Bonchev–Trinajstić information content (AvgIpc) is 3.33. The Balaban J connectivity index is 0.939. The van der Waals surface area contributed by atoms with Gasteiger partial charge in [-0.15, -0.1) is 11.3 Å². The van der Waals surface area contributed by atoms with Crippen molar-refractivity contribution < 1.29 is 9.53 Å². The number of nitrogens with two attached hydrogens (primary N) is 1. The minimum absolute atomic E-state index is 0.0168. The van der Waals surface area contributed by atoms with Crippen molar-refractivity contribution in [1.29, 1.82) is 0 Å². The fourth-order valence-electron chi connectivity index (χ4n) is 7.28. The Morgan fingerprint density at radius 3 is 2.65 bits per heavy atom. The fourth-order valence-corrected chi connectivity index (χ4v) is 8.06. The summed E-state index contributed by atoms with van der Waals surface area (Å²) < 4.78 is 6.28. The number of nitrogen functional groups attached to an aromatic ring is 1. The summed E-state index contributed by atoms with van der Waals surface area (Å²) in [6.07, 6.45) is 13.8. The molecule has 0 aromatic carbocycles. The molecule has 1 spiro atoms. The molecule has 0 bridgehead atoms. The molecular weight excluding hydrogens is 522 g/mol. The number of rotatable bonds is 7. The molecule has 0 atom stereocenters. The first kappa shape index (κ1) is 26.2. The van der Waals surface area contributed by atoms with Crippen molar-refractivity contribution in [1.82, 2.24) is 30.0 Å². The van der Waals surface area contributed by atoms with Crippen LogP contribution in [0.5, 0.6) is 0 Å². The van der Waals surface area contributed by atoms with E-state index in [9.17, 15) is 4.79 Å². The van der Waals surface area contributed by atoms with Crippen LogP contribution in [0.2, 0.25) is 0 Å². The van der Waals surface area contributed by atoms with Gasteiger partial charge in [0.25, 0.3) is 0 Å². The summed E-state index contributed by atoms with van der Waals surface area (Å²) in [6.45, 7) is 7.05. The number of nitrogens with zero attached hydrogens (tertiary/aromatic N) is 5. The van der Waals surface area contributed by atoms with Crippen LogP contribution in [-0.4, -0.2) is 61.1 Å². The van der Waals surface area contributed by atoms with Crippen molar-refractivity contribution in [3.63, 3.8) is 0 Å². The van der Waals surface area contributed by atoms with Gasteiger partial charge < -0.3 is 15.4 Å². The largest absolute Gasteiger partial charge is 0.372 e. The minimum Gasteiger partial charge on any atom is -0.372 e. The highest BCUT2D eigenvalue weighted by atomic mass is 32.1. The first-order valence-corrected chi connectivity index (χ1v) is 15.7. The number of anilines is 1. The number of ketones is 1. The van der Waals surface area contributed by atoms with Gasteiger partial charge in [0.05, 0.1) is 30.5 Å². The normalized spacial score (nSPS) is 22.2. The predicted molar refractivity (Wildman–Crippen MR) is 154 cm³/mol. The molecule has 9 nitrogen and oxygen atoms in total. The van der Waals surface area contributed by atoms with Gasteiger partial charge >= 0.3 is 0 Å². The predicted octanol–water partition coefficient (Wildman–Crippen LogP) is 4.87. The molecule has 3 N–H and O–H groups in total. The second kappa shape index (κ2) is 9.99. The van der Waals surface area contributed by atoms with Crippen LogP contribution in [0.3, 0.4) is 0 Å². The summed E-state index contributed by atoms with van der Waals surface area (Å²) in [5.74, 6) is 0.191. The molecule has 1 saturated heterocycles. The first-order chi connectivity index (χ1) is 19.3. The van der Waals surface area contributed by atoms with E-state index in [0.717, 1.165) is 59.2 Å². The summed E-state index contributed by atoms with van der Waals surface area (Å²) in [4.78, 5) is 29.5. The van der Waals surface area contributed by atoms with E-state index in [1.54, 1.807) is 6.20 Å². The van der Waals surface area contributed by atoms with Crippen molar-refractivity contribution in [3.05, 3.63) is 39.1 Å². The van der Waals surface area contributed by atoms with Crippen LogP contribution < -0.4 is 5.73 Å². The van der Waals surface area contributed by atoms with Gasteiger partial charge in [0.1, 0.15) is 16.4 Å². The third-order valence-corrected chi connectivity index (χ3v) is 10.7. The summed E-state index contributed by atoms with van der Waals surface area (Å²) in [7, 11) is 0. The maximum absolute atomic E-state index is 13.4. The third kappa shape index (κ3) is 4.99. The van der Waals surface area contributed by atoms with Gasteiger partial charge in [0, 0.05) is 36.3 Å². The van der Waals surface area contributed by atoms with Gasteiger partial charge in [0.15, 0.2) is 5.78 Å². The summed E-state index contributed by atoms with van der Waals surface area (Å²) in [5, 5.41) is 10.3. The number of fused-ring (bicyclic) bond motifs is 3. The molecule has 0 unspecified atom stereocenters. The highest BCUT2D eigenvalue weighted by Gasteiger charge is 2.45. The number of nitrogens with one attached hydrogen (secondary N) is 1. The Hall–Kier alpha value is -2.69. The molecule has 7 rings (SSSR count). The maximum atomic E-state index is 13.4. The van der Waals surface area contributed by atoms with E-state index in [4.69, 9.17) is 15.5 Å². The van der Waals surface area contributed by atoms with Crippen molar-refractivity contribution >= 4 is 23.1 Å². The van der Waals surface area contributed by atoms with E-state index in [0.29, 0.717) is 36.2 Å². The number of aromatic amines is 1. The summed E-state index contributed by atoms with van der Waals surface area (Å²) >= 11 is 1.52. The Labute approximate surface area is 239 Å². The summed E-state index contributed by atoms with van der Waals surface area (Å²) in [6, 6.07) is 0.790. The number of thiazole rings is 1. The van der Waals surface area contributed by atoms with Gasteiger partial charge in [-0.1, -0.05) is 13.8 Å². The number of piperidine rings is 1. The molecule has 10 heteroatoms. The number of aromatic nitrogens is 5. The number of hydrogen-bond donors (Lipinski definition) is 2. The Kier molecular flexibility index (Phi) is 6.55. The van der Waals surface area contributed by atoms with Gasteiger partial charge in [-0.25, -0.2) is 15.0 Å². The molecule has 3 aromatic rings. The molecule has 0 radical (unpaired) electrons. The molecule has 3 aliphatic carbocycles. The van der Waals surface area contributed by atoms with Gasteiger partial charge in [-0.2, -0.15) is 5.10 Å². The average molecular weight is 562 g/mol. The van der Waals surface area contributed by atoms with Crippen LogP contribution in [-0.2, 0) is 29.6 Å². The summed E-state index contributed by atoms with van der Waals surface area (Å²) in [5.41, 5.74) is 11.1. The fraction of sp³-hybridized carbons (Fsp3) is 0.633. The van der Waals surface area contributed by atoms with Crippen LogP contribution in [0.15, 0.2) is 11.6 Å². The zero-order chi connectivity index (χ0) is 27.5. The Morgan fingerprint density at radius 2 is 1.90 bits per heavy atom. The van der Waals surface area contributed by atoms with E-state index in [1.807, 2.05) is 5.38 Å². The zero-order valence-electron chi connectivity index (χ0n) is 23.5. The molecule has 3 fully saturated rings. The number of carbonyl (C=O) groups is 1. The van der Waals surface area contributed by atoms with Crippen LogP contribution in [0.25, 0.3) is 11.4 Å². The van der Waals surface area contributed by atoms with Crippen molar-refractivity contribution in [2.24, 2.45) is 5.41 Å². The van der Waals surface area contributed by atoms with E-state index >= 15 is 0 Å². The molecular formula is C30H39N7O2S. The van der Waals surface area contributed by atoms with Gasteiger partial charge in [-0.05, 0) is 74.2 Å². The second-order valence-corrected chi connectivity index (χ2v) is 14.0. The molecule has 212 valence electrons. The number of hydrogen-bond acceptors (Lipinski definition) is 9. The highest BCUT2D eigenvalue weighted by Crippen LogP contribution is 2.56. The van der Waals surface area contributed by atoms with E-state index in [1.165, 1.54) is 49.9 Å². The topological polar surface area (TPSA) is 123 Å². The molecule has 1 aliphatic heterocycles. The van der Waals surface area contributed by atoms with E-state index in [2.05, 4.69) is 38.9 Å². The molecule has 0 amide bonds. The number of Topliss-reactive ketones (excluding diaryl/α,β-unsaturated/α-hetero) is 1. The van der Waals surface area contributed by atoms with Crippen LogP contribution in [0, 0.1) is 5.41 Å². The van der Waals surface area contributed by atoms with Gasteiger partial charge in [-0.3, -0.25) is 9.89 Å². The smallest absolute Gasteiger partial charge is 0.220 e. The van der Waals surface area contributed by atoms with E-state index < -0.39 is 0 Å². The second-order valence-electron chi connectivity index (χ2n) is 13.1. The maximum Gasteiger partial charge on any atom is 0.220 e. The lowest BCUT2D eigenvalue weighted by atomic mass is 9.73. The Morgan fingerprint density at radius 1 is 1.12 bits per heavy atom. The molecule has 2 saturated carbocycles. The lowest BCUT2D eigenvalue weighted by molar-refractivity contribution is -0.0176. The SMILES string of the molecule is CC1(C)Cc2cnc(N)nc2-c2n[nH]c(C(=O)Cc3nc(COC4CCN(C5CCC6(CC5)CC6)CC4)cs3)c21. The Bertz CT molecular complexity index is 1410. The first-order valence-electron chi connectivity index (χ1n) is 14.8. The highest BCUT2D eigenvalue weighted by molar-refractivity contribution is 7.09. The lowest BCUT2D eigenvalue weighted by Gasteiger charge is -2.41. The standard InChI is InChI=1S/C30H39N7O2S/c1-29(2)14-18-15-32-28(31)34-25(18)27-24(29)26(35-36-27)22(38)13-23-33-19(17-40-23)16-39-21-5-11-37(12-6-21)20-3-7-30(8-4-20)9-10-30/h15,17,20-21H,3-14,16H2,1-2H3,(H,35,36)(H2,31,32,34). The van der Waals surface area contributed by atoms with Crippen molar-refractivity contribution in [3.8, 4) is 11.4 Å². The van der Waals surface area contributed by atoms with E-state index in [-0.39, 0.29) is 23.6 Å². The number of likely N-dealkylation sites (tertiary alicyclic amines) is 1. The molecule has 4 heterocycles. The van der Waals surface area contributed by atoms with Crippen LogP contribution in [0.1, 0.15) is 97.5 Å². The molecule has 3 aromatic heterocycles. The number of H-pyrrole nitrogens is 1. The van der Waals surface area contributed by atoms with Crippen LogP contribution in [0.4, 0.5) is 5.95 Å². The van der Waals surface area contributed by atoms with Gasteiger partial charge in [0.2, 0.25) is 5.95 Å². The molecule has 4 aliphatic rings. The third-order valence-electron chi connectivity index (χ3n) is 9.81. The molecule has 40 heavy (non-hydrogen) atoms. The minimum atomic E-state index is -0.284. The lowest BCUT2D eigenvalue weighted by Crippen LogP contribution is -2.45.